The second-order valence-electron chi connectivity index (χ2n) is 7.80. The number of ether oxygens (including phenoxy) is 1. The number of thioether (sulfide) groups is 1. The van der Waals surface area contributed by atoms with Crippen molar-refractivity contribution in [2.75, 3.05) is 49.6 Å². The molecule has 2 heterocycles. The highest BCUT2D eigenvalue weighted by Gasteiger charge is 2.20. The maximum absolute atomic E-state index is 12.9. The lowest BCUT2D eigenvalue weighted by Gasteiger charge is -2.30. The minimum absolute atomic E-state index is 0.313. The molecule has 1 aromatic heterocycles. The highest BCUT2D eigenvalue weighted by atomic mass is 32.2. The molecule has 1 saturated heterocycles. The minimum atomic E-state index is -0.804. The topological polar surface area (TPSA) is 111 Å². The van der Waals surface area contributed by atoms with E-state index >= 15 is 0 Å². The van der Waals surface area contributed by atoms with Crippen LogP contribution >= 0.6 is 11.8 Å². The van der Waals surface area contributed by atoms with Crippen molar-refractivity contribution in [1.82, 2.24) is 14.9 Å². The number of alkyl halides is 1. The van der Waals surface area contributed by atoms with Crippen LogP contribution in [-0.4, -0.2) is 65.2 Å². The van der Waals surface area contributed by atoms with Gasteiger partial charge in [0.2, 0.25) is 11.1 Å². The molecule has 1 aliphatic heterocycles. The molecule has 0 bridgehead atoms. The molecule has 3 aromatic rings. The summed E-state index contributed by atoms with van der Waals surface area (Å²) in [5.41, 5.74) is 3.50. The first-order valence-corrected chi connectivity index (χ1v) is 12.1. The number of anilines is 3. The van der Waals surface area contributed by atoms with Gasteiger partial charge in [-0.15, -0.1) is 0 Å². The van der Waals surface area contributed by atoms with Crippen molar-refractivity contribution in [3.63, 3.8) is 0 Å². The lowest BCUT2D eigenvalue weighted by molar-refractivity contribution is 0.0858. The molecular formula is C25H23FN6O3S. The van der Waals surface area contributed by atoms with Gasteiger partial charge >= 0.3 is 0 Å². The van der Waals surface area contributed by atoms with E-state index in [0.29, 0.717) is 66.5 Å². The molecule has 1 N–H and O–H groups in total. The van der Waals surface area contributed by atoms with Gasteiger partial charge in [0, 0.05) is 48.8 Å². The zero-order valence-corrected chi connectivity index (χ0v) is 20.3. The highest BCUT2D eigenvalue weighted by Crippen LogP contribution is 2.30. The van der Waals surface area contributed by atoms with E-state index in [-0.39, 0.29) is 5.12 Å². The van der Waals surface area contributed by atoms with Crippen molar-refractivity contribution in [2.24, 2.45) is 0 Å². The number of morpholine rings is 1. The highest BCUT2D eigenvalue weighted by molar-refractivity contribution is 8.14. The molecule has 0 saturated carbocycles. The number of nitrogens with zero attached hydrogens (tertiary/aromatic N) is 5. The molecule has 1 fully saturated rings. The van der Waals surface area contributed by atoms with Crippen LogP contribution in [0.3, 0.4) is 0 Å². The first-order chi connectivity index (χ1) is 17.5. The van der Waals surface area contributed by atoms with Crippen molar-refractivity contribution in [3.8, 4) is 17.5 Å². The summed E-state index contributed by atoms with van der Waals surface area (Å²) in [6, 6.07) is 13.0. The summed E-state index contributed by atoms with van der Waals surface area (Å²) in [5.74, 6) is -0.0848. The van der Waals surface area contributed by atoms with Gasteiger partial charge in [-0.3, -0.25) is 9.59 Å². The Bertz CT molecular complexity index is 1290. The largest absolute Gasteiger partial charge is 0.378 e. The van der Waals surface area contributed by atoms with E-state index in [0.717, 1.165) is 16.2 Å². The Labute approximate surface area is 211 Å². The Hall–Kier alpha value is -4.01. The molecule has 36 heavy (non-hydrogen) atoms. The number of amides is 1. The molecule has 2 aromatic carbocycles. The lowest BCUT2D eigenvalue weighted by Crippen LogP contribution is -2.37. The summed E-state index contributed by atoms with van der Waals surface area (Å²) in [4.78, 5) is 36.6. The summed E-state index contributed by atoms with van der Waals surface area (Å²) < 4.78 is 18.3. The molecule has 0 unspecified atom stereocenters. The molecule has 0 radical (unpaired) electrons. The predicted octanol–water partition coefficient (Wildman–Crippen LogP) is 4.08. The van der Waals surface area contributed by atoms with Crippen molar-refractivity contribution >= 4 is 40.1 Å². The average molecular weight is 507 g/mol. The summed E-state index contributed by atoms with van der Waals surface area (Å²) >= 11 is 0.616. The predicted molar refractivity (Wildman–Crippen MR) is 136 cm³/mol. The number of carbonyl (C=O) groups is 2. The summed E-state index contributed by atoms with van der Waals surface area (Å²) in [7, 11) is 1.40. The van der Waals surface area contributed by atoms with Crippen LogP contribution in [0, 0.1) is 11.5 Å². The Morgan fingerprint density at radius 3 is 2.64 bits per heavy atom. The SMILES string of the molecule is CN(C#N)C(=O)c1ccc(-c2ccnc(Nc3ccc(N4CCOCC4)c(C(=O)SCF)c3)n2)cc1. The van der Waals surface area contributed by atoms with Crippen LogP contribution in [0.15, 0.2) is 54.7 Å². The van der Waals surface area contributed by atoms with E-state index in [2.05, 4.69) is 20.2 Å². The number of benzene rings is 2. The molecule has 0 aliphatic carbocycles. The monoisotopic (exact) mass is 506 g/mol. The Kier molecular flexibility index (Phi) is 8.10. The first kappa shape index (κ1) is 25.1. The molecular weight excluding hydrogens is 483 g/mol. The van der Waals surface area contributed by atoms with Gasteiger partial charge < -0.3 is 15.0 Å². The standard InChI is InChI=1S/C25H23FN6O3S/c1-31(16-27)23(33)18-4-2-17(3-5-18)21-8-9-28-25(30-21)29-19-6-7-22(32-10-12-35-13-11-32)20(14-19)24(34)36-15-26/h2-9,14H,10-13,15H2,1H3,(H,28,29,30). The molecule has 4 rings (SSSR count). The lowest BCUT2D eigenvalue weighted by atomic mass is 10.1. The van der Waals surface area contributed by atoms with Gasteiger partial charge in [-0.1, -0.05) is 12.1 Å². The fourth-order valence-electron chi connectivity index (χ4n) is 3.72. The Balaban J connectivity index is 1.56. The minimum Gasteiger partial charge on any atom is -0.378 e. The van der Waals surface area contributed by atoms with Gasteiger partial charge in [0.05, 0.1) is 24.5 Å². The van der Waals surface area contributed by atoms with Crippen LogP contribution in [0.2, 0.25) is 0 Å². The summed E-state index contributed by atoms with van der Waals surface area (Å²) in [6.07, 6.45) is 3.38. The second-order valence-corrected chi connectivity index (χ2v) is 8.68. The molecule has 0 spiro atoms. The third-order valence-corrected chi connectivity index (χ3v) is 6.14. The number of rotatable bonds is 7. The van der Waals surface area contributed by atoms with Crippen molar-refractivity contribution in [1.29, 1.82) is 5.26 Å². The van der Waals surface area contributed by atoms with E-state index in [4.69, 9.17) is 10.00 Å². The van der Waals surface area contributed by atoms with Crippen LogP contribution in [0.4, 0.5) is 21.7 Å². The summed E-state index contributed by atoms with van der Waals surface area (Å²) in [5, 5.41) is 11.7. The number of hydrogen-bond acceptors (Lipinski definition) is 9. The van der Waals surface area contributed by atoms with Gasteiger partial charge in [-0.05, 0) is 48.2 Å². The number of carbonyl (C=O) groups excluding carboxylic acids is 2. The third kappa shape index (κ3) is 5.79. The van der Waals surface area contributed by atoms with E-state index in [1.165, 1.54) is 7.05 Å². The van der Waals surface area contributed by atoms with Crippen LogP contribution in [-0.2, 0) is 4.74 Å². The number of nitriles is 1. The quantitative estimate of drug-likeness (QED) is 0.374. The smallest absolute Gasteiger partial charge is 0.266 e. The third-order valence-electron chi connectivity index (χ3n) is 5.55. The van der Waals surface area contributed by atoms with Crippen LogP contribution < -0.4 is 10.2 Å². The van der Waals surface area contributed by atoms with E-state index in [9.17, 15) is 14.0 Å². The van der Waals surface area contributed by atoms with Crippen LogP contribution in [0.1, 0.15) is 20.7 Å². The molecule has 1 aliphatic rings. The number of hydrogen-bond donors (Lipinski definition) is 1. The van der Waals surface area contributed by atoms with E-state index in [1.54, 1.807) is 48.8 Å². The van der Waals surface area contributed by atoms with E-state index in [1.807, 2.05) is 12.1 Å². The van der Waals surface area contributed by atoms with Crippen molar-refractivity contribution in [2.45, 2.75) is 0 Å². The normalized spacial score (nSPS) is 13.1. The molecule has 184 valence electrons. The van der Waals surface area contributed by atoms with Gasteiger partial charge in [-0.2, -0.15) is 5.26 Å². The second kappa shape index (κ2) is 11.6. The fourth-order valence-corrected chi connectivity index (χ4v) is 4.13. The number of nitrogens with one attached hydrogen (secondary N) is 1. The zero-order valence-electron chi connectivity index (χ0n) is 19.5. The van der Waals surface area contributed by atoms with Gasteiger partial charge in [0.25, 0.3) is 5.91 Å². The number of aromatic nitrogens is 2. The fraction of sp³-hybridized carbons (Fsp3) is 0.240. The molecule has 11 heteroatoms. The van der Waals surface area contributed by atoms with E-state index < -0.39 is 11.9 Å². The number of halogens is 1. The maximum Gasteiger partial charge on any atom is 0.266 e. The van der Waals surface area contributed by atoms with Crippen molar-refractivity contribution < 1.29 is 18.7 Å². The van der Waals surface area contributed by atoms with Gasteiger partial charge in [0.15, 0.2) is 6.19 Å². The zero-order chi connectivity index (χ0) is 25.5. The first-order valence-electron chi connectivity index (χ1n) is 11.1. The average Bonchev–Trinajstić information content (AvgIpc) is 2.93. The van der Waals surface area contributed by atoms with Crippen LogP contribution in [0.5, 0.6) is 0 Å². The maximum atomic E-state index is 12.9. The van der Waals surface area contributed by atoms with Crippen LogP contribution in [0.25, 0.3) is 11.3 Å². The summed E-state index contributed by atoms with van der Waals surface area (Å²) in [6.45, 7) is 2.43. The van der Waals surface area contributed by atoms with Gasteiger partial charge in [0.1, 0.15) is 6.01 Å². The Morgan fingerprint density at radius 2 is 1.94 bits per heavy atom. The van der Waals surface area contributed by atoms with Gasteiger partial charge in [-0.25, -0.2) is 19.3 Å². The molecule has 0 atom stereocenters. The Morgan fingerprint density at radius 1 is 1.19 bits per heavy atom. The molecule has 1 amide bonds. The molecule has 9 nitrogen and oxygen atoms in total. The van der Waals surface area contributed by atoms with Crippen molar-refractivity contribution in [3.05, 3.63) is 65.9 Å².